The van der Waals surface area contributed by atoms with Crippen LogP contribution in [0.2, 0.25) is 0 Å². The van der Waals surface area contributed by atoms with Gasteiger partial charge in [-0.2, -0.15) is 4.52 Å². The van der Waals surface area contributed by atoms with Gasteiger partial charge in [0.25, 0.3) is 0 Å². The van der Waals surface area contributed by atoms with Gasteiger partial charge in [0.15, 0.2) is 17.3 Å². The van der Waals surface area contributed by atoms with E-state index in [0.717, 1.165) is 22.1 Å². The molecule has 0 spiro atoms. The zero-order valence-electron chi connectivity index (χ0n) is 16.9. The fourth-order valence-corrected chi connectivity index (χ4v) is 4.04. The lowest BCUT2D eigenvalue weighted by atomic mass is 10.1. The first kappa shape index (κ1) is 19.9. The predicted octanol–water partition coefficient (Wildman–Crippen LogP) is 3.34. The third-order valence-corrected chi connectivity index (χ3v) is 5.95. The van der Waals surface area contributed by atoms with E-state index >= 15 is 0 Å². The summed E-state index contributed by atoms with van der Waals surface area (Å²) in [5.74, 6) is 1.82. The molecule has 2 aromatic heterocycles. The lowest BCUT2D eigenvalue weighted by Gasteiger charge is -2.11. The number of anilines is 2. The number of hydrogen-bond acceptors (Lipinski definition) is 7. The van der Waals surface area contributed by atoms with E-state index in [9.17, 15) is 8.42 Å². The van der Waals surface area contributed by atoms with Gasteiger partial charge in [0.2, 0.25) is 10.0 Å². The van der Waals surface area contributed by atoms with E-state index in [1.54, 1.807) is 23.8 Å². The lowest BCUT2D eigenvalue weighted by molar-refractivity contribution is 0.415. The molecule has 0 unspecified atom stereocenters. The summed E-state index contributed by atoms with van der Waals surface area (Å²) in [5, 5.41) is 23.6. The molecule has 32 heavy (non-hydrogen) atoms. The molecule has 2 heterocycles. The molecule has 0 saturated carbocycles. The minimum absolute atomic E-state index is 0.0103. The Bertz CT molecular complexity index is 1560. The molecule has 0 saturated heterocycles. The van der Waals surface area contributed by atoms with Crippen molar-refractivity contribution in [3.63, 3.8) is 0 Å². The van der Waals surface area contributed by atoms with Crippen LogP contribution in [-0.2, 0) is 10.0 Å². The molecule has 3 N–H and O–H groups in total. The Labute approximate surface area is 183 Å². The molecular formula is C22H18N6O3S. The summed E-state index contributed by atoms with van der Waals surface area (Å²) in [5.41, 5.74) is 1.96. The van der Waals surface area contributed by atoms with Crippen LogP contribution in [0.15, 0.2) is 77.7 Å². The maximum atomic E-state index is 11.7. The lowest BCUT2D eigenvalue weighted by Crippen LogP contribution is -2.12. The van der Waals surface area contributed by atoms with Crippen molar-refractivity contribution in [1.82, 2.24) is 19.8 Å². The summed E-state index contributed by atoms with van der Waals surface area (Å²) in [6, 6.07) is 21.4. The molecule has 0 fully saturated rings. The van der Waals surface area contributed by atoms with Crippen molar-refractivity contribution in [2.45, 2.75) is 4.90 Å². The van der Waals surface area contributed by atoms with E-state index in [1.807, 2.05) is 48.5 Å². The molecule has 0 aliphatic heterocycles. The first-order valence-electron chi connectivity index (χ1n) is 9.62. The predicted molar refractivity (Wildman–Crippen MR) is 121 cm³/mol. The van der Waals surface area contributed by atoms with Gasteiger partial charge in [0.1, 0.15) is 5.75 Å². The molecule has 5 rings (SSSR count). The van der Waals surface area contributed by atoms with Crippen molar-refractivity contribution < 1.29 is 13.2 Å². The molecular weight excluding hydrogens is 428 g/mol. The highest BCUT2D eigenvalue weighted by atomic mass is 32.2. The highest BCUT2D eigenvalue weighted by Gasteiger charge is 2.16. The van der Waals surface area contributed by atoms with Gasteiger partial charge in [-0.05, 0) is 42.5 Å². The van der Waals surface area contributed by atoms with Gasteiger partial charge >= 0.3 is 0 Å². The summed E-state index contributed by atoms with van der Waals surface area (Å²) in [7, 11) is -2.22. The van der Waals surface area contributed by atoms with E-state index in [4.69, 9.17) is 15.0 Å². The standard InChI is InChI=1S/C22H18N6O3S/c1-31-16-11-9-14(10-12-16)21-25-26-22-19-8-3-2-7-18(19)20(27-28(21)22)24-15-5-4-6-17(13-15)32(23,29)30/h2-13H,1H3,(H,24,27)(H2,23,29,30). The number of benzene rings is 3. The highest BCUT2D eigenvalue weighted by Crippen LogP contribution is 2.30. The number of methoxy groups -OCH3 is 1. The quantitative estimate of drug-likeness (QED) is 0.424. The zero-order valence-corrected chi connectivity index (χ0v) is 17.7. The van der Waals surface area contributed by atoms with Crippen molar-refractivity contribution in [3.05, 3.63) is 72.8 Å². The molecule has 3 aromatic carbocycles. The minimum Gasteiger partial charge on any atom is -0.497 e. The number of primary sulfonamides is 1. The molecule has 9 nitrogen and oxygen atoms in total. The first-order chi connectivity index (χ1) is 15.4. The van der Waals surface area contributed by atoms with Gasteiger partial charge in [-0.1, -0.05) is 30.3 Å². The van der Waals surface area contributed by atoms with E-state index in [2.05, 4.69) is 15.5 Å². The largest absolute Gasteiger partial charge is 0.497 e. The highest BCUT2D eigenvalue weighted by molar-refractivity contribution is 7.89. The zero-order chi connectivity index (χ0) is 22.3. The second-order valence-electron chi connectivity index (χ2n) is 7.08. The van der Waals surface area contributed by atoms with Crippen molar-refractivity contribution in [3.8, 4) is 17.1 Å². The summed E-state index contributed by atoms with van der Waals surface area (Å²) >= 11 is 0. The maximum absolute atomic E-state index is 11.7. The first-order valence-corrected chi connectivity index (χ1v) is 11.2. The molecule has 10 heteroatoms. The summed E-state index contributed by atoms with van der Waals surface area (Å²) in [6.45, 7) is 0. The SMILES string of the molecule is COc1ccc(-c2nnc3c4ccccc4c(Nc4cccc(S(N)(=O)=O)c4)nn23)cc1. The molecule has 0 radical (unpaired) electrons. The number of ether oxygens (including phenoxy) is 1. The molecule has 0 aliphatic rings. The van der Waals surface area contributed by atoms with E-state index < -0.39 is 10.0 Å². The summed E-state index contributed by atoms with van der Waals surface area (Å²) in [4.78, 5) is 0.0103. The molecule has 0 bridgehead atoms. The van der Waals surface area contributed by atoms with Crippen molar-refractivity contribution >= 4 is 37.9 Å². The number of hydrogen-bond donors (Lipinski definition) is 2. The second kappa shape index (κ2) is 7.59. The van der Waals surface area contributed by atoms with Crippen LogP contribution in [0.3, 0.4) is 0 Å². The Hall–Kier alpha value is -4.02. The van der Waals surface area contributed by atoms with Crippen molar-refractivity contribution in [2.75, 3.05) is 12.4 Å². The monoisotopic (exact) mass is 446 g/mol. The van der Waals surface area contributed by atoms with Gasteiger partial charge in [0.05, 0.1) is 12.0 Å². The van der Waals surface area contributed by atoms with E-state index in [-0.39, 0.29) is 4.90 Å². The van der Waals surface area contributed by atoms with Crippen LogP contribution >= 0.6 is 0 Å². The average molecular weight is 446 g/mol. The Morgan fingerprint density at radius 2 is 1.69 bits per heavy atom. The number of fused-ring (bicyclic) bond motifs is 3. The Morgan fingerprint density at radius 3 is 2.41 bits per heavy atom. The third-order valence-electron chi connectivity index (χ3n) is 5.04. The maximum Gasteiger partial charge on any atom is 0.238 e. The number of nitrogens with zero attached hydrogens (tertiary/aromatic N) is 4. The number of aromatic nitrogens is 4. The van der Waals surface area contributed by atoms with Gasteiger partial charge in [-0.25, -0.2) is 13.6 Å². The van der Waals surface area contributed by atoms with Gasteiger partial charge < -0.3 is 10.1 Å². The smallest absolute Gasteiger partial charge is 0.238 e. The van der Waals surface area contributed by atoms with Crippen LogP contribution in [0.1, 0.15) is 0 Å². The normalized spacial score (nSPS) is 11.7. The van der Waals surface area contributed by atoms with Gasteiger partial charge in [0, 0.05) is 22.0 Å². The van der Waals surface area contributed by atoms with Crippen LogP contribution in [-0.4, -0.2) is 35.3 Å². The van der Waals surface area contributed by atoms with Crippen molar-refractivity contribution in [2.24, 2.45) is 5.14 Å². The van der Waals surface area contributed by atoms with Crippen LogP contribution < -0.4 is 15.2 Å². The fraction of sp³-hybridized carbons (Fsp3) is 0.0455. The molecule has 0 aliphatic carbocycles. The summed E-state index contributed by atoms with van der Waals surface area (Å²) in [6.07, 6.45) is 0. The summed E-state index contributed by atoms with van der Waals surface area (Å²) < 4.78 is 30.4. The van der Waals surface area contributed by atoms with Gasteiger partial charge in [-0.3, -0.25) is 0 Å². The fourth-order valence-electron chi connectivity index (χ4n) is 3.48. The van der Waals surface area contributed by atoms with E-state index in [0.29, 0.717) is 23.0 Å². The van der Waals surface area contributed by atoms with Gasteiger partial charge in [-0.15, -0.1) is 15.3 Å². The molecule has 5 aromatic rings. The minimum atomic E-state index is -3.83. The van der Waals surface area contributed by atoms with E-state index in [1.165, 1.54) is 12.1 Å². The third kappa shape index (κ3) is 3.51. The Kier molecular flexibility index (Phi) is 4.72. The molecule has 0 atom stereocenters. The Morgan fingerprint density at radius 1 is 0.938 bits per heavy atom. The number of rotatable bonds is 5. The second-order valence-corrected chi connectivity index (χ2v) is 8.64. The van der Waals surface area contributed by atoms with Crippen LogP contribution in [0.5, 0.6) is 5.75 Å². The van der Waals surface area contributed by atoms with Crippen LogP contribution in [0.25, 0.3) is 27.8 Å². The number of nitrogens with two attached hydrogens (primary N) is 1. The topological polar surface area (TPSA) is 124 Å². The van der Waals surface area contributed by atoms with Crippen molar-refractivity contribution in [1.29, 1.82) is 0 Å². The molecule has 160 valence electrons. The number of sulfonamides is 1. The van der Waals surface area contributed by atoms with Crippen LogP contribution in [0, 0.1) is 0 Å². The Balaban J connectivity index is 1.68. The number of nitrogens with one attached hydrogen (secondary N) is 1. The molecule has 0 amide bonds. The average Bonchev–Trinajstić information content (AvgIpc) is 3.23. The van der Waals surface area contributed by atoms with Crippen LogP contribution in [0.4, 0.5) is 11.5 Å².